The molecule has 1 aromatic carbocycles. The molecule has 0 saturated heterocycles. The highest BCUT2D eigenvalue weighted by Gasteiger charge is 2.13. The molecule has 144 valence electrons. The zero-order valence-electron chi connectivity index (χ0n) is 15.0. The van der Waals surface area contributed by atoms with Crippen LogP contribution in [0.4, 0.5) is 4.39 Å². The molecule has 0 spiro atoms. The summed E-state index contributed by atoms with van der Waals surface area (Å²) in [5.74, 6) is 0.382. The van der Waals surface area contributed by atoms with Crippen molar-refractivity contribution in [3.8, 4) is 0 Å². The molecular weight excluding hydrogens is 460 g/mol. The number of methoxy groups -OCH3 is 1. The van der Waals surface area contributed by atoms with Crippen molar-refractivity contribution in [1.82, 2.24) is 10.6 Å². The molecule has 2 atom stereocenters. The minimum atomic E-state index is -2.98. The van der Waals surface area contributed by atoms with E-state index in [0.29, 0.717) is 18.9 Å². The first-order valence-electron chi connectivity index (χ1n) is 7.68. The summed E-state index contributed by atoms with van der Waals surface area (Å²) in [5, 5.41) is 6.27. The Hall–Kier alpha value is -0.940. The highest BCUT2D eigenvalue weighted by atomic mass is 127. The van der Waals surface area contributed by atoms with Crippen LogP contribution in [0.2, 0.25) is 0 Å². The van der Waals surface area contributed by atoms with E-state index in [9.17, 15) is 12.8 Å². The number of nitrogens with one attached hydrogen (secondary N) is 2. The Bertz CT molecular complexity index is 639. The number of nitrogens with zero attached hydrogens (tertiary/aromatic N) is 1. The molecule has 0 heterocycles. The monoisotopic (exact) mass is 487 g/mol. The van der Waals surface area contributed by atoms with E-state index in [-0.39, 0.29) is 47.7 Å². The molecule has 0 aliphatic carbocycles. The first-order chi connectivity index (χ1) is 11.2. The Morgan fingerprint density at radius 2 is 1.92 bits per heavy atom. The summed E-state index contributed by atoms with van der Waals surface area (Å²) >= 11 is 0. The van der Waals surface area contributed by atoms with Crippen LogP contribution in [0.15, 0.2) is 29.3 Å². The van der Waals surface area contributed by atoms with Gasteiger partial charge in [-0.1, -0.05) is 12.1 Å². The van der Waals surface area contributed by atoms with Gasteiger partial charge in [-0.25, -0.2) is 12.8 Å². The summed E-state index contributed by atoms with van der Waals surface area (Å²) in [7, 11) is 0.239. The predicted octanol–water partition coefficient (Wildman–Crippen LogP) is 2.12. The lowest BCUT2D eigenvalue weighted by atomic mass is 10.1. The second-order valence-corrected chi connectivity index (χ2v) is 7.95. The number of sulfone groups is 1. The molecule has 0 saturated carbocycles. The van der Waals surface area contributed by atoms with Gasteiger partial charge in [-0.3, -0.25) is 4.99 Å². The lowest BCUT2D eigenvalue weighted by molar-refractivity contribution is 0.106. The standard InChI is InChI=1S/C16H26FN3O3S.HI/c1-12(9-10-24(4,21)22)20-16(18-2)19-11-15(23-3)13-5-7-14(17)8-6-13;/h5-8,12,15H,9-11H2,1-4H3,(H2,18,19,20);1H. The average molecular weight is 487 g/mol. The summed E-state index contributed by atoms with van der Waals surface area (Å²) in [6, 6.07) is 6.09. The SMILES string of the molecule is CN=C(NCC(OC)c1ccc(F)cc1)NC(C)CCS(C)(=O)=O.I. The number of rotatable bonds is 8. The Balaban J connectivity index is 0.00000576. The van der Waals surface area contributed by atoms with Gasteiger partial charge in [0.2, 0.25) is 0 Å². The van der Waals surface area contributed by atoms with E-state index in [1.165, 1.54) is 18.4 Å². The normalized spacial score (nSPS) is 14.4. The minimum absolute atomic E-state index is 0. The van der Waals surface area contributed by atoms with Gasteiger partial charge in [0, 0.05) is 33.0 Å². The van der Waals surface area contributed by atoms with Crippen molar-refractivity contribution in [3.05, 3.63) is 35.6 Å². The average Bonchev–Trinajstić information content (AvgIpc) is 2.53. The number of halogens is 2. The molecule has 1 rings (SSSR count). The summed E-state index contributed by atoms with van der Waals surface area (Å²) < 4.78 is 40.8. The summed E-state index contributed by atoms with van der Waals surface area (Å²) in [4.78, 5) is 4.12. The third-order valence-electron chi connectivity index (χ3n) is 3.51. The Labute approximate surface area is 166 Å². The van der Waals surface area contributed by atoms with E-state index < -0.39 is 9.84 Å². The van der Waals surface area contributed by atoms with Gasteiger partial charge >= 0.3 is 0 Å². The van der Waals surface area contributed by atoms with Crippen LogP contribution >= 0.6 is 24.0 Å². The number of hydrogen-bond acceptors (Lipinski definition) is 4. The van der Waals surface area contributed by atoms with Gasteiger partial charge in [0.05, 0.1) is 11.9 Å². The van der Waals surface area contributed by atoms with E-state index in [2.05, 4.69) is 15.6 Å². The van der Waals surface area contributed by atoms with Gasteiger partial charge in [0.25, 0.3) is 0 Å². The fourth-order valence-electron chi connectivity index (χ4n) is 2.10. The van der Waals surface area contributed by atoms with E-state index in [4.69, 9.17) is 4.74 Å². The molecule has 0 radical (unpaired) electrons. The summed E-state index contributed by atoms with van der Waals surface area (Å²) in [5.41, 5.74) is 0.854. The van der Waals surface area contributed by atoms with Crippen LogP contribution in [0.3, 0.4) is 0 Å². The van der Waals surface area contributed by atoms with E-state index in [1.807, 2.05) is 6.92 Å². The second-order valence-electron chi connectivity index (χ2n) is 5.69. The Morgan fingerprint density at radius 3 is 2.40 bits per heavy atom. The van der Waals surface area contributed by atoms with Crippen molar-refractivity contribution in [3.63, 3.8) is 0 Å². The van der Waals surface area contributed by atoms with Gasteiger partial charge in [-0.05, 0) is 31.0 Å². The summed E-state index contributed by atoms with van der Waals surface area (Å²) in [6.07, 6.45) is 1.46. The Kier molecular flexibility index (Phi) is 11.2. The third kappa shape index (κ3) is 9.95. The molecule has 25 heavy (non-hydrogen) atoms. The van der Waals surface area contributed by atoms with E-state index in [1.54, 1.807) is 26.3 Å². The van der Waals surface area contributed by atoms with Crippen molar-refractivity contribution in [2.24, 2.45) is 4.99 Å². The molecule has 2 unspecified atom stereocenters. The summed E-state index contributed by atoms with van der Waals surface area (Å²) in [6.45, 7) is 2.34. The number of guanidine groups is 1. The largest absolute Gasteiger partial charge is 0.375 e. The van der Waals surface area contributed by atoms with Gasteiger partial charge in [-0.2, -0.15) is 0 Å². The first kappa shape index (κ1) is 24.1. The van der Waals surface area contributed by atoms with Crippen LogP contribution < -0.4 is 10.6 Å². The first-order valence-corrected chi connectivity index (χ1v) is 9.74. The number of benzene rings is 1. The molecule has 0 bridgehead atoms. The molecule has 6 nitrogen and oxygen atoms in total. The lowest BCUT2D eigenvalue weighted by Gasteiger charge is -2.21. The number of ether oxygens (including phenoxy) is 1. The van der Waals surface area contributed by atoms with Gasteiger partial charge in [0.1, 0.15) is 15.7 Å². The number of aliphatic imine (C=N–C) groups is 1. The van der Waals surface area contributed by atoms with Crippen LogP contribution in [0.5, 0.6) is 0 Å². The highest BCUT2D eigenvalue weighted by molar-refractivity contribution is 14.0. The molecule has 0 amide bonds. The van der Waals surface area contributed by atoms with Crippen LogP contribution in [-0.2, 0) is 14.6 Å². The molecule has 9 heteroatoms. The lowest BCUT2D eigenvalue weighted by Crippen LogP contribution is -2.44. The molecular formula is C16H27FIN3O3S. The van der Waals surface area contributed by atoms with Gasteiger partial charge in [-0.15, -0.1) is 24.0 Å². The quantitative estimate of drug-likeness (QED) is 0.334. The highest BCUT2D eigenvalue weighted by Crippen LogP contribution is 2.16. The predicted molar refractivity (Wildman–Crippen MR) is 110 cm³/mol. The maximum Gasteiger partial charge on any atom is 0.191 e. The minimum Gasteiger partial charge on any atom is -0.375 e. The smallest absolute Gasteiger partial charge is 0.191 e. The second kappa shape index (κ2) is 11.6. The fourth-order valence-corrected chi connectivity index (χ4v) is 2.88. The maximum absolute atomic E-state index is 13.0. The topological polar surface area (TPSA) is 79.8 Å². The van der Waals surface area contributed by atoms with Crippen LogP contribution in [0.1, 0.15) is 25.0 Å². The van der Waals surface area contributed by atoms with Crippen molar-refractivity contribution in [1.29, 1.82) is 0 Å². The van der Waals surface area contributed by atoms with Crippen LogP contribution in [0, 0.1) is 5.82 Å². The van der Waals surface area contributed by atoms with Gasteiger partial charge in [0.15, 0.2) is 5.96 Å². The zero-order chi connectivity index (χ0) is 18.2. The molecule has 1 aromatic rings. The molecule has 0 aliphatic rings. The fraction of sp³-hybridized carbons (Fsp3) is 0.562. The molecule has 0 aliphatic heterocycles. The molecule has 2 N–H and O–H groups in total. The van der Waals surface area contributed by atoms with Gasteiger partial charge < -0.3 is 15.4 Å². The van der Waals surface area contributed by atoms with E-state index in [0.717, 1.165) is 5.56 Å². The number of hydrogen-bond donors (Lipinski definition) is 2. The maximum atomic E-state index is 13.0. The molecule has 0 aromatic heterocycles. The van der Waals surface area contributed by atoms with Crippen molar-refractivity contribution in [2.45, 2.75) is 25.5 Å². The van der Waals surface area contributed by atoms with Crippen molar-refractivity contribution >= 4 is 39.8 Å². The van der Waals surface area contributed by atoms with E-state index >= 15 is 0 Å². The Morgan fingerprint density at radius 1 is 1.32 bits per heavy atom. The van der Waals surface area contributed by atoms with Crippen LogP contribution in [0.25, 0.3) is 0 Å². The van der Waals surface area contributed by atoms with Crippen LogP contribution in [-0.4, -0.2) is 53.1 Å². The van der Waals surface area contributed by atoms with Crippen molar-refractivity contribution in [2.75, 3.05) is 32.7 Å². The van der Waals surface area contributed by atoms with Crippen molar-refractivity contribution < 1.29 is 17.5 Å². The molecule has 0 fully saturated rings. The zero-order valence-corrected chi connectivity index (χ0v) is 18.1. The third-order valence-corrected chi connectivity index (χ3v) is 4.49.